The smallest absolute Gasteiger partial charge is 0.0940 e. The number of nitrogens with zero attached hydrogens (tertiary/aromatic N) is 2. The molecule has 1 saturated heterocycles. The highest BCUT2D eigenvalue weighted by molar-refractivity contribution is 7.09. The standard InChI is InChI=1S/C13H23N3S/c1-3-13(2,16-7-4-5-8-16)11(14)10-12-15-6-9-17-12/h6,9,11H,3-5,7-8,10,14H2,1-2H3. The van der Waals surface area contributed by atoms with Gasteiger partial charge in [0.15, 0.2) is 0 Å². The summed E-state index contributed by atoms with van der Waals surface area (Å²) in [5.41, 5.74) is 6.59. The van der Waals surface area contributed by atoms with Crippen molar-refractivity contribution in [1.29, 1.82) is 0 Å². The van der Waals surface area contributed by atoms with Crippen molar-refractivity contribution in [3.05, 3.63) is 16.6 Å². The van der Waals surface area contributed by atoms with Crippen LogP contribution in [0.5, 0.6) is 0 Å². The summed E-state index contributed by atoms with van der Waals surface area (Å²) in [6.07, 6.45) is 6.52. The molecule has 0 amide bonds. The number of rotatable bonds is 5. The van der Waals surface area contributed by atoms with E-state index in [1.54, 1.807) is 11.3 Å². The minimum absolute atomic E-state index is 0.127. The lowest BCUT2D eigenvalue weighted by Gasteiger charge is -2.42. The molecule has 2 rings (SSSR count). The first-order valence-corrected chi connectivity index (χ1v) is 7.44. The maximum atomic E-state index is 6.46. The van der Waals surface area contributed by atoms with Crippen LogP contribution in [0.1, 0.15) is 38.1 Å². The molecule has 0 bridgehead atoms. The number of likely N-dealkylation sites (tertiary alicyclic amines) is 1. The van der Waals surface area contributed by atoms with Crippen LogP contribution in [0.4, 0.5) is 0 Å². The highest BCUT2D eigenvalue weighted by Gasteiger charge is 2.37. The van der Waals surface area contributed by atoms with E-state index in [-0.39, 0.29) is 11.6 Å². The molecule has 1 fully saturated rings. The number of thiazole rings is 1. The van der Waals surface area contributed by atoms with E-state index >= 15 is 0 Å². The fraction of sp³-hybridized carbons (Fsp3) is 0.769. The van der Waals surface area contributed by atoms with E-state index in [1.165, 1.54) is 25.9 Å². The van der Waals surface area contributed by atoms with Gasteiger partial charge >= 0.3 is 0 Å². The van der Waals surface area contributed by atoms with Crippen molar-refractivity contribution in [3.63, 3.8) is 0 Å². The molecule has 17 heavy (non-hydrogen) atoms. The van der Waals surface area contributed by atoms with Crippen LogP contribution in [0.3, 0.4) is 0 Å². The Hall–Kier alpha value is -0.450. The summed E-state index contributed by atoms with van der Waals surface area (Å²) in [7, 11) is 0. The van der Waals surface area contributed by atoms with Crippen LogP contribution in [0, 0.1) is 0 Å². The van der Waals surface area contributed by atoms with Gasteiger partial charge in [-0.2, -0.15) is 0 Å². The predicted octanol–water partition coefficient (Wildman–Crippen LogP) is 2.28. The zero-order chi connectivity index (χ0) is 12.3. The summed E-state index contributed by atoms with van der Waals surface area (Å²) in [6.45, 7) is 6.97. The Kier molecular flexibility index (Phi) is 4.17. The maximum Gasteiger partial charge on any atom is 0.0940 e. The summed E-state index contributed by atoms with van der Waals surface area (Å²) in [5.74, 6) is 0. The van der Waals surface area contributed by atoms with Crippen molar-refractivity contribution in [2.75, 3.05) is 13.1 Å². The number of hydrogen-bond acceptors (Lipinski definition) is 4. The van der Waals surface area contributed by atoms with Crippen LogP contribution in [0.2, 0.25) is 0 Å². The molecule has 1 aliphatic rings. The molecule has 0 radical (unpaired) electrons. The zero-order valence-electron chi connectivity index (χ0n) is 10.9. The van der Waals surface area contributed by atoms with E-state index in [0.29, 0.717) is 0 Å². The largest absolute Gasteiger partial charge is 0.326 e. The van der Waals surface area contributed by atoms with Gasteiger partial charge in [0.05, 0.1) is 5.01 Å². The second-order valence-corrected chi connectivity index (χ2v) is 6.12. The van der Waals surface area contributed by atoms with E-state index in [0.717, 1.165) is 17.8 Å². The molecule has 2 atom stereocenters. The third kappa shape index (κ3) is 2.69. The minimum atomic E-state index is 0.127. The quantitative estimate of drug-likeness (QED) is 0.875. The summed E-state index contributed by atoms with van der Waals surface area (Å²) < 4.78 is 0. The summed E-state index contributed by atoms with van der Waals surface area (Å²) in [4.78, 5) is 6.93. The van der Waals surface area contributed by atoms with Crippen molar-refractivity contribution in [2.45, 2.75) is 51.1 Å². The summed E-state index contributed by atoms with van der Waals surface area (Å²) in [6, 6.07) is 0.178. The van der Waals surface area contributed by atoms with Crippen molar-refractivity contribution in [3.8, 4) is 0 Å². The Morgan fingerprint density at radius 1 is 1.53 bits per heavy atom. The molecule has 0 aromatic carbocycles. The number of nitrogens with two attached hydrogens (primary N) is 1. The zero-order valence-corrected chi connectivity index (χ0v) is 11.7. The van der Waals surface area contributed by atoms with Gasteiger partial charge in [-0.05, 0) is 39.3 Å². The Morgan fingerprint density at radius 3 is 2.76 bits per heavy atom. The fourth-order valence-corrected chi connectivity index (χ4v) is 3.39. The van der Waals surface area contributed by atoms with Crippen molar-refractivity contribution in [1.82, 2.24) is 9.88 Å². The number of aromatic nitrogens is 1. The monoisotopic (exact) mass is 253 g/mol. The van der Waals surface area contributed by atoms with E-state index in [2.05, 4.69) is 23.7 Å². The predicted molar refractivity (Wildman–Crippen MR) is 73.3 cm³/mol. The molecular weight excluding hydrogens is 230 g/mol. The first-order chi connectivity index (χ1) is 8.16. The number of hydrogen-bond donors (Lipinski definition) is 1. The topological polar surface area (TPSA) is 42.1 Å². The van der Waals surface area contributed by atoms with Crippen LogP contribution in [0.15, 0.2) is 11.6 Å². The lowest BCUT2D eigenvalue weighted by molar-refractivity contribution is 0.0998. The third-order valence-electron chi connectivity index (χ3n) is 4.22. The minimum Gasteiger partial charge on any atom is -0.326 e. The highest BCUT2D eigenvalue weighted by Crippen LogP contribution is 2.28. The Morgan fingerprint density at radius 2 is 2.24 bits per heavy atom. The SMILES string of the molecule is CCC(C)(C(N)Cc1nccs1)N1CCCC1. The Balaban J connectivity index is 2.05. The first-order valence-electron chi connectivity index (χ1n) is 6.56. The van der Waals surface area contributed by atoms with Crippen LogP contribution in [0.25, 0.3) is 0 Å². The van der Waals surface area contributed by atoms with Crippen molar-refractivity contribution in [2.24, 2.45) is 5.73 Å². The van der Waals surface area contributed by atoms with Crippen LogP contribution >= 0.6 is 11.3 Å². The van der Waals surface area contributed by atoms with Gasteiger partial charge in [-0.1, -0.05) is 6.92 Å². The average Bonchev–Trinajstić information content (AvgIpc) is 3.00. The van der Waals surface area contributed by atoms with Gasteiger partial charge in [0.1, 0.15) is 0 Å². The lowest BCUT2D eigenvalue weighted by Crippen LogP contribution is -2.57. The summed E-state index contributed by atoms with van der Waals surface area (Å²) >= 11 is 1.71. The van der Waals surface area contributed by atoms with Crippen molar-refractivity contribution < 1.29 is 0 Å². The summed E-state index contributed by atoms with van der Waals surface area (Å²) in [5, 5.41) is 3.19. The van der Waals surface area contributed by atoms with Crippen LogP contribution in [-0.4, -0.2) is 34.6 Å². The molecule has 96 valence electrons. The van der Waals surface area contributed by atoms with E-state index in [9.17, 15) is 0 Å². The van der Waals surface area contributed by atoms with Crippen LogP contribution in [-0.2, 0) is 6.42 Å². The molecule has 2 unspecified atom stereocenters. The van der Waals surface area contributed by atoms with Gasteiger partial charge in [-0.3, -0.25) is 4.90 Å². The third-order valence-corrected chi connectivity index (χ3v) is 5.02. The van der Waals surface area contributed by atoms with Gasteiger partial charge < -0.3 is 5.73 Å². The molecular formula is C13H23N3S. The first kappa shape index (κ1) is 13.0. The normalized spacial score (nSPS) is 22.5. The Bertz CT molecular complexity index is 332. The molecule has 1 aromatic rings. The van der Waals surface area contributed by atoms with Gasteiger partial charge in [0, 0.05) is 29.6 Å². The molecule has 4 heteroatoms. The van der Waals surface area contributed by atoms with Gasteiger partial charge in [0.25, 0.3) is 0 Å². The van der Waals surface area contributed by atoms with Gasteiger partial charge in [-0.25, -0.2) is 4.98 Å². The van der Waals surface area contributed by atoms with Crippen molar-refractivity contribution >= 4 is 11.3 Å². The Labute approximate surface area is 108 Å². The molecule has 2 N–H and O–H groups in total. The van der Waals surface area contributed by atoms with E-state index in [1.807, 2.05) is 11.6 Å². The average molecular weight is 253 g/mol. The molecule has 0 saturated carbocycles. The highest BCUT2D eigenvalue weighted by atomic mass is 32.1. The van der Waals surface area contributed by atoms with Gasteiger partial charge in [-0.15, -0.1) is 11.3 Å². The lowest BCUT2D eigenvalue weighted by atomic mass is 9.86. The molecule has 2 heterocycles. The van der Waals surface area contributed by atoms with E-state index < -0.39 is 0 Å². The fourth-order valence-electron chi connectivity index (χ4n) is 2.71. The van der Waals surface area contributed by atoms with Crippen LogP contribution < -0.4 is 5.73 Å². The molecule has 0 spiro atoms. The van der Waals surface area contributed by atoms with Gasteiger partial charge in [0.2, 0.25) is 0 Å². The van der Waals surface area contributed by atoms with E-state index in [4.69, 9.17) is 5.73 Å². The maximum absolute atomic E-state index is 6.46. The molecule has 0 aliphatic carbocycles. The molecule has 3 nitrogen and oxygen atoms in total. The second-order valence-electron chi connectivity index (χ2n) is 5.14. The molecule has 1 aromatic heterocycles. The molecule has 1 aliphatic heterocycles. The second kappa shape index (κ2) is 5.46.